The van der Waals surface area contributed by atoms with Crippen LogP contribution in [-0.4, -0.2) is 10.7 Å². The zero-order valence-electron chi connectivity index (χ0n) is 10.5. The average molecular weight is 292 g/mol. The first-order valence-electron chi connectivity index (χ1n) is 5.70. The number of ketones is 1. The van der Waals surface area contributed by atoms with E-state index in [-0.39, 0.29) is 22.8 Å². The molecule has 0 heterocycles. The lowest BCUT2D eigenvalue weighted by Crippen LogP contribution is -1.99. The van der Waals surface area contributed by atoms with E-state index < -0.39 is 4.92 Å². The van der Waals surface area contributed by atoms with Gasteiger partial charge in [0.1, 0.15) is 11.5 Å². The van der Waals surface area contributed by atoms with Crippen LogP contribution in [0.2, 0.25) is 5.02 Å². The van der Waals surface area contributed by atoms with Crippen LogP contribution in [-0.2, 0) is 0 Å². The molecule has 0 atom stereocenters. The monoisotopic (exact) mass is 291 g/mol. The Balaban J connectivity index is 2.38. The van der Waals surface area contributed by atoms with Gasteiger partial charge in [0.05, 0.1) is 10.5 Å². The van der Waals surface area contributed by atoms with Crippen LogP contribution in [0.4, 0.5) is 5.69 Å². The summed E-state index contributed by atoms with van der Waals surface area (Å²) in [5, 5.41) is 11.3. The molecule has 0 unspecified atom stereocenters. The lowest BCUT2D eigenvalue weighted by molar-refractivity contribution is -0.384. The van der Waals surface area contributed by atoms with Gasteiger partial charge in [-0.05, 0) is 37.3 Å². The topological polar surface area (TPSA) is 69.4 Å². The van der Waals surface area contributed by atoms with Gasteiger partial charge in [0.25, 0.3) is 5.69 Å². The number of Topliss-reactive ketones (excluding diaryl/α,β-unsaturated/α-hetero) is 1. The van der Waals surface area contributed by atoms with Gasteiger partial charge in [-0.3, -0.25) is 14.9 Å². The van der Waals surface area contributed by atoms with Gasteiger partial charge >= 0.3 is 0 Å². The van der Waals surface area contributed by atoms with Crippen molar-refractivity contribution in [3.8, 4) is 11.5 Å². The summed E-state index contributed by atoms with van der Waals surface area (Å²) in [6, 6.07) is 10.5. The van der Waals surface area contributed by atoms with E-state index in [4.69, 9.17) is 16.3 Å². The fourth-order valence-corrected chi connectivity index (χ4v) is 1.75. The molecule has 0 aliphatic heterocycles. The SMILES string of the molecule is CC(=O)c1cc([N+](=O)[O-])ccc1Oc1ccc(Cl)cc1. The van der Waals surface area contributed by atoms with Crippen molar-refractivity contribution in [3.63, 3.8) is 0 Å². The van der Waals surface area contributed by atoms with E-state index in [1.165, 1.54) is 25.1 Å². The number of benzene rings is 2. The summed E-state index contributed by atoms with van der Waals surface area (Å²) in [6.07, 6.45) is 0. The molecule has 2 aromatic rings. The molecular weight excluding hydrogens is 282 g/mol. The number of nitro groups is 1. The lowest BCUT2D eigenvalue weighted by Gasteiger charge is -2.09. The maximum absolute atomic E-state index is 11.6. The number of carbonyl (C=O) groups excluding carboxylic acids is 1. The summed E-state index contributed by atoms with van der Waals surface area (Å²) >= 11 is 5.77. The molecule has 0 N–H and O–H groups in total. The summed E-state index contributed by atoms with van der Waals surface area (Å²) in [5.74, 6) is 0.453. The highest BCUT2D eigenvalue weighted by atomic mass is 35.5. The first-order chi connectivity index (χ1) is 9.47. The predicted molar refractivity (Wildman–Crippen MR) is 74.6 cm³/mol. The molecule has 20 heavy (non-hydrogen) atoms. The van der Waals surface area contributed by atoms with E-state index in [0.29, 0.717) is 10.8 Å². The Bertz CT molecular complexity index is 667. The van der Waals surface area contributed by atoms with Gasteiger partial charge in [-0.1, -0.05) is 11.6 Å². The van der Waals surface area contributed by atoms with Gasteiger partial charge in [0, 0.05) is 17.2 Å². The third-order valence-corrected chi connectivity index (χ3v) is 2.85. The van der Waals surface area contributed by atoms with Gasteiger partial charge in [0.15, 0.2) is 5.78 Å². The van der Waals surface area contributed by atoms with Crippen molar-refractivity contribution in [1.82, 2.24) is 0 Å². The largest absolute Gasteiger partial charge is 0.457 e. The summed E-state index contributed by atoms with van der Waals surface area (Å²) < 4.78 is 5.56. The second kappa shape index (κ2) is 5.71. The number of rotatable bonds is 4. The minimum atomic E-state index is -0.557. The van der Waals surface area contributed by atoms with Crippen LogP contribution in [0.3, 0.4) is 0 Å². The third kappa shape index (κ3) is 3.13. The predicted octanol–water partition coefficient (Wildman–Crippen LogP) is 4.24. The molecule has 0 aliphatic carbocycles. The van der Waals surface area contributed by atoms with Crippen LogP contribution in [0.1, 0.15) is 17.3 Å². The van der Waals surface area contributed by atoms with E-state index in [1.54, 1.807) is 24.3 Å². The van der Waals surface area contributed by atoms with E-state index >= 15 is 0 Å². The van der Waals surface area contributed by atoms with Crippen molar-refractivity contribution in [3.05, 3.63) is 63.2 Å². The van der Waals surface area contributed by atoms with Crippen LogP contribution in [0.15, 0.2) is 42.5 Å². The van der Waals surface area contributed by atoms with Crippen LogP contribution in [0.25, 0.3) is 0 Å². The Kier molecular flexibility index (Phi) is 4.00. The van der Waals surface area contributed by atoms with Gasteiger partial charge in [-0.15, -0.1) is 0 Å². The number of carbonyl (C=O) groups is 1. The molecule has 0 bridgehead atoms. The van der Waals surface area contributed by atoms with Crippen molar-refractivity contribution in [1.29, 1.82) is 0 Å². The zero-order chi connectivity index (χ0) is 14.7. The third-order valence-electron chi connectivity index (χ3n) is 2.59. The summed E-state index contributed by atoms with van der Waals surface area (Å²) in [4.78, 5) is 21.7. The molecule has 0 amide bonds. The molecule has 0 spiro atoms. The zero-order valence-corrected chi connectivity index (χ0v) is 11.3. The maximum Gasteiger partial charge on any atom is 0.270 e. The normalized spacial score (nSPS) is 10.1. The summed E-state index contributed by atoms with van der Waals surface area (Å²) in [7, 11) is 0. The molecule has 102 valence electrons. The van der Waals surface area contributed by atoms with Crippen molar-refractivity contribution >= 4 is 23.1 Å². The number of hydrogen-bond acceptors (Lipinski definition) is 4. The minimum Gasteiger partial charge on any atom is -0.457 e. The van der Waals surface area contributed by atoms with Crippen LogP contribution < -0.4 is 4.74 Å². The van der Waals surface area contributed by atoms with Gasteiger partial charge in [0.2, 0.25) is 0 Å². The van der Waals surface area contributed by atoms with Crippen molar-refractivity contribution in [2.24, 2.45) is 0 Å². The van der Waals surface area contributed by atoms with E-state index in [1.807, 2.05) is 0 Å². The summed E-state index contributed by atoms with van der Waals surface area (Å²) in [6.45, 7) is 1.33. The number of non-ortho nitro benzene ring substituents is 1. The molecule has 6 heteroatoms. The second-order valence-corrected chi connectivity index (χ2v) is 4.49. The highest BCUT2D eigenvalue weighted by molar-refractivity contribution is 6.30. The fraction of sp³-hybridized carbons (Fsp3) is 0.0714. The number of nitro benzene ring substituents is 1. The fourth-order valence-electron chi connectivity index (χ4n) is 1.63. The maximum atomic E-state index is 11.6. The molecule has 0 fully saturated rings. The first kappa shape index (κ1) is 14.0. The lowest BCUT2D eigenvalue weighted by atomic mass is 10.1. The average Bonchev–Trinajstić information content (AvgIpc) is 2.41. The summed E-state index contributed by atoms with van der Waals surface area (Å²) in [5.41, 5.74) is 0.00723. The first-order valence-corrected chi connectivity index (χ1v) is 6.08. The smallest absolute Gasteiger partial charge is 0.270 e. The van der Waals surface area contributed by atoms with Crippen LogP contribution >= 0.6 is 11.6 Å². The number of nitrogens with zero attached hydrogens (tertiary/aromatic N) is 1. The van der Waals surface area contributed by atoms with Crippen molar-refractivity contribution in [2.45, 2.75) is 6.92 Å². The molecule has 2 aromatic carbocycles. The molecule has 2 rings (SSSR count). The number of hydrogen-bond donors (Lipinski definition) is 0. The van der Waals surface area contributed by atoms with E-state index in [2.05, 4.69) is 0 Å². The molecule has 0 saturated heterocycles. The van der Waals surface area contributed by atoms with Crippen LogP contribution in [0.5, 0.6) is 11.5 Å². The standard InChI is InChI=1S/C14H10ClNO4/c1-9(17)13-8-11(16(18)19)4-7-14(13)20-12-5-2-10(15)3-6-12/h2-8H,1H3. The minimum absolute atomic E-state index is 0.154. The molecular formula is C14H10ClNO4. The number of halogens is 1. The Morgan fingerprint density at radius 3 is 2.40 bits per heavy atom. The molecule has 0 radical (unpaired) electrons. The second-order valence-electron chi connectivity index (χ2n) is 4.05. The Labute approximate surface area is 119 Å². The van der Waals surface area contributed by atoms with Crippen molar-refractivity contribution < 1.29 is 14.5 Å². The highest BCUT2D eigenvalue weighted by Crippen LogP contribution is 2.29. The van der Waals surface area contributed by atoms with Crippen molar-refractivity contribution in [2.75, 3.05) is 0 Å². The quantitative estimate of drug-likeness (QED) is 0.480. The number of ether oxygens (including phenoxy) is 1. The Morgan fingerprint density at radius 1 is 1.20 bits per heavy atom. The van der Waals surface area contributed by atoms with Gasteiger partial charge < -0.3 is 4.74 Å². The highest BCUT2D eigenvalue weighted by Gasteiger charge is 2.15. The molecule has 0 saturated carbocycles. The van der Waals surface area contributed by atoms with Gasteiger partial charge in [-0.2, -0.15) is 0 Å². The molecule has 5 nitrogen and oxygen atoms in total. The van der Waals surface area contributed by atoms with E-state index in [9.17, 15) is 14.9 Å². The van der Waals surface area contributed by atoms with Crippen LogP contribution in [0, 0.1) is 10.1 Å². The molecule has 0 aromatic heterocycles. The van der Waals surface area contributed by atoms with E-state index in [0.717, 1.165) is 0 Å². The Morgan fingerprint density at radius 2 is 1.85 bits per heavy atom. The van der Waals surface area contributed by atoms with Gasteiger partial charge in [-0.25, -0.2) is 0 Å². The molecule has 0 aliphatic rings. The Hall–Kier alpha value is -2.40.